The van der Waals surface area contributed by atoms with Gasteiger partial charge in [0, 0.05) is 5.69 Å². The molecule has 0 spiro atoms. The molecule has 0 saturated carbocycles. The van der Waals surface area contributed by atoms with Crippen molar-refractivity contribution in [1.29, 1.82) is 5.26 Å². The first-order chi connectivity index (χ1) is 15.4. The van der Waals surface area contributed by atoms with Crippen LogP contribution < -0.4 is 14.8 Å². The number of amides is 1. The Balaban J connectivity index is 1.81. The zero-order chi connectivity index (χ0) is 23.1. The number of ether oxygens (including phenoxy) is 2. The van der Waals surface area contributed by atoms with Crippen molar-refractivity contribution < 1.29 is 14.3 Å². The van der Waals surface area contributed by atoms with Gasteiger partial charge in [0.05, 0.1) is 11.6 Å². The number of rotatable bonds is 7. The van der Waals surface area contributed by atoms with Crippen LogP contribution in [0.15, 0.2) is 70.7 Å². The van der Waals surface area contributed by atoms with Gasteiger partial charge in [0.25, 0.3) is 5.91 Å². The Kier molecular flexibility index (Phi) is 7.69. The van der Waals surface area contributed by atoms with E-state index >= 15 is 0 Å². The third-order valence-electron chi connectivity index (χ3n) is 4.91. The molecule has 1 N–H and O–H groups in total. The summed E-state index contributed by atoms with van der Waals surface area (Å²) in [5, 5.41) is 12.2. The van der Waals surface area contributed by atoms with Crippen LogP contribution in [-0.4, -0.2) is 13.0 Å². The molecule has 6 heteroatoms. The fourth-order valence-corrected chi connectivity index (χ4v) is 3.62. The van der Waals surface area contributed by atoms with Crippen molar-refractivity contribution in [1.82, 2.24) is 0 Å². The summed E-state index contributed by atoms with van der Waals surface area (Å²) in [6.45, 7) is 4.52. The van der Waals surface area contributed by atoms with Gasteiger partial charge < -0.3 is 14.8 Å². The summed E-state index contributed by atoms with van der Waals surface area (Å²) in [6.07, 6.45) is 1.51. The van der Waals surface area contributed by atoms with Crippen LogP contribution >= 0.6 is 15.9 Å². The summed E-state index contributed by atoms with van der Waals surface area (Å²) in [7, 11) is 1.55. The van der Waals surface area contributed by atoms with Crippen molar-refractivity contribution in [3.8, 4) is 17.6 Å². The first-order valence-corrected chi connectivity index (χ1v) is 10.7. The summed E-state index contributed by atoms with van der Waals surface area (Å²) in [4.78, 5) is 12.5. The van der Waals surface area contributed by atoms with Gasteiger partial charge in [-0.15, -0.1) is 0 Å². The fraction of sp³-hybridized carbons (Fsp3) is 0.154. The van der Waals surface area contributed by atoms with Crippen molar-refractivity contribution in [2.75, 3.05) is 12.4 Å². The molecule has 162 valence electrons. The fourth-order valence-electron chi connectivity index (χ4n) is 3.05. The van der Waals surface area contributed by atoms with Crippen LogP contribution in [0.4, 0.5) is 5.69 Å². The van der Waals surface area contributed by atoms with Gasteiger partial charge in [-0.25, -0.2) is 0 Å². The molecule has 0 aliphatic carbocycles. The normalized spacial score (nSPS) is 10.9. The molecule has 0 aromatic heterocycles. The number of nitrogens with one attached hydrogen (secondary N) is 1. The lowest BCUT2D eigenvalue weighted by molar-refractivity contribution is -0.112. The zero-order valence-corrected chi connectivity index (χ0v) is 19.7. The molecular weight excluding hydrogens is 468 g/mol. The second kappa shape index (κ2) is 10.7. The third kappa shape index (κ3) is 5.77. The largest absolute Gasteiger partial charge is 0.493 e. The van der Waals surface area contributed by atoms with E-state index < -0.39 is 5.91 Å². The molecule has 0 atom stereocenters. The summed E-state index contributed by atoms with van der Waals surface area (Å²) in [5.74, 6) is 0.564. The van der Waals surface area contributed by atoms with Crippen molar-refractivity contribution in [3.05, 3.63) is 93.0 Å². The number of nitrogens with zero attached hydrogens (tertiary/aromatic N) is 1. The first kappa shape index (κ1) is 23.1. The maximum atomic E-state index is 12.5. The van der Waals surface area contributed by atoms with Crippen molar-refractivity contribution in [2.45, 2.75) is 20.5 Å². The minimum Gasteiger partial charge on any atom is -0.493 e. The monoisotopic (exact) mass is 490 g/mol. The molecule has 5 nitrogen and oxygen atoms in total. The third-order valence-corrected chi connectivity index (χ3v) is 5.50. The maximum absolute atomic E-state index is 12.5. The Morgan fingerprint density at radius 1 is 1.09 bits per heavy atom. The highest BCUT2D eigenvalue weighted by atomic mass is 79.9. The molecule has 0 saturated heterocycles. The van der Waals surface area contributed by atoms with Crippen LogP contribution in [0.5, 0.6) is 11.5 Å². The molecule has 32 heavy (non-hydrogen) atoms. The Morgan fingerprint density at radius 3 is 2.50 bits per heavy atom. The zero-order valence-electron chi connectivity index (χ0n) is 18.1. The minimum absolute atomic E-state index is 0.0217. The lowest BCUT2D eigenvalue weighted by atomic mass is 10.1. The van der Waals surface area contributed by atoms with Crippen molar-refractivity contribution in [2.24, 2.45) is 0 Å². The van der Waals surface area contributed by atoms with E-state index in [9.17, 15) is 10.1 Å². The second-order valence-corrected chi connectivity index (χ2v) is 8.09. The molecule has 0 aliphatic heterocycles. The van der Waals surface area contributed by atoms with E-state index in [1.807, 2.05) is 30.3 Å². The Hall–Kier alpha value is -3.56. The topological polar surface area (TPSA) is 71.3 Å². The quantitative estimate of drug-likeness (QED) is 0.316. The van der Waals surface area contributed by atoms with Gasteiger partial charge in [-0.05, 0) is 82.4 Å². The van der Waals surface area contributed by atoms with E-state index in [1.54, 1.807) is 31.4 Å². The maximum Gasteiger partial charge on any atom is 0.266 e. The van der Waals surface area contributed by atoms with Crippen LogP contribution in [0, 0.1) is 25.2 Å². The number of hydrogen-bond donors (Lipinski definition) is 1. The van der Waals surface area contributed by atoms with Crippen LogP contribution in [0.3, 0.4) is 0 Å². The molecule has 0 heterocycles. The van der Waals surface area contributed by atoms with Crippen LogP contribution in [0.2, 0.25) is 0 Å². The molecule has 1 amide bonds. The number of methoxy groups -OCH3 is 1. The minimum atomic E-state index is -0.483. The molecule has 3 aromatic rings. The van der Waals surface area contributed by atoms with Gasteiger partial charge in [-0.3, -0.25) is 4.79 Å². The molecule has 3 rings (SSSR count). The van der Waals surface area contributed by atoms with E-state index in [4.69, 9.17) is 9.47 Å². The molecule has 0 aliphatic rings. The van der Waals surface area contributed by atoms with Gasteiger partial charge in [-0.1, -0.05) is 36.4 Å². The van der Waals surface area contributed by atoms with E-state index in [1.165, 1.54) is 17.2 Å². The molecule has 0 fully saturated rings. The number of carbonyl (C=O) groups is 1. The summed E-state index contributed by atoms with van der Waals surface area (Å²) in [5.41, 5.74) is 4.71. The highest BCUT2D eigenvalue weighted by Gasteiger charge is 2.14. The van der Waals surface area contributed by atoms with Gasteiger partial charge in [0.1, 0.15) is 18.2 Å². The number of hydrogen-bond acceptors (Lipinski definition) is 4. The van der Waals surface area contributed by atoms with Crippen LogP contribution in [0.25, 0.3) is 6.08 Å². The molecule has 3 aromatic carbocycles. The number of aryl methyl sites for hydroxylation is 2. The second-order valence-electron chi connectivity index (χ2n) is 7.23. The molecule has 0 bridgehead atoms. The Morgan fingerprint density at radius 2 is 1.84 bits per heavy atom. The number of nitriles is 1. The number of halogens is 1. The lowest BCUT2D eigenvalue weighted by Gasteiger charge is -2.14. The highest BCUT2D eigenvalue weighted by Crippen LogP contribution is 2.38. The number of carbonyl (C=O) groups excluding carboxylic acids is 1. The number of anilines is 1. The number of para-hydroxylation sites is 1. The smallest absolute Gasteiger partial charge is 0.266 e. The van der Waals surface area contributed by atoms with E-state index in [0.29, 0.717) is 33.8 Å². The molecule has 0 unspecified atom stereocenters. The highest BCUT2D eigenvalue weighted by molar-refractivity contribution is 9.10. The van der Waals surface area contributed by atoms with Gasteiger partial charge in [0.15, 0.2) is 11.5 Å². The van der Waals surface area contributed by atoms with Gasteiger partial charge in [0.2, 0.25) is 0 Å². The van der Waals surface area contributed by atoms with Crippen LogP contribution in [0.1, 0.15) is 22.3 Å². The van der Waals surface area contributed by atoms with Gasteiger partial charge >= 0.3 is 0 Å². The lowest BCUT2D eigenvalue weighted by Crippen LogP contribution is -2.13. The van der Waals surface area contributed by atoms with Crippen molar-refractivity contribution in [3.63, 3.8) is 0 Å². The first-order valence-electron chi connectivity index (χ1n) is 9.96. The number of benzene rings is 3. The molecule has 0 radical (unpaired) electrons. The van der Waals surface area contributed by atoms with Crippen molar-refractivity contribution >= 4 is 33.6 Å². The van der Waals surface area contributed by atoms with E-state index in [0.717, 1.165) is 5.56 Å². The average molecular weight is 491 g/mol. The van der Waals surface area contributed by atoms with Gasteiger partial charge in [-0.2, -0.15) is 5.26 Å². The van der Waals surface area contributed by atoms with E-state index in [-0.39, 0.29) is 5.57 Å². The summed E-state index contributed by atoms with van der Waals surface area (Å²) < 4.78 is 12.2. The Bertz CT molecular complexity index is 1200. The van der Waals surface area contributed by atoms with E-state index in [2.05, 4.69) is 47.2 Å². The summed E-state index contributed by atoms with van der Waals surface area (Å²) >= 11 is 3.52. The SMILES string of the molecule is COc1cc(/C=C(\C#N)C(=O)Nc2ccccc2)cc(Br)c1OCc1ccc(C)c(C)c1. The predicted molar refractivity (Wildman–Crippen MR) is 130 cm³/mol. The molecular formula is C26H23BrN2O3. The van der Waals surface area contributed by atoms with Crippen LogP contribution in [-0.2, 0) is 11.4 Å². The predicted octanol–water partition coefficient (Wildman–Crippen LogP) is 6.20. The Labute approximate surface area is 196 Å². The standard InChI is InChI=1S/C26H23BrN2O3/c1-17-9-10-19(11-18(17)2)16-32-25-23(27)13-20(14-24(25)31-3)12-21(15-28)26(30)29-22-7-5-4-6-8-22/h4-14H,16H2,1-3H3,(H,29,30)/b21-12+. The summed E-state index contributed by atoms with van der Waals surface area (Å²) in [6, 6.07) is 20.7. The average Bonchev–Trinajstić information content (AvgIpc) is 2.79.